The van der Waals surface area contributed by atoms with E-state index in [-0.39, 0.29) is 17.8 Å². The first kappa shape index (κ1) is 17.3. The van der Waals surface area contributed by atoms with Crippen molar-refractivity contribution in [2.45, 2.75) is 25.0 Å². The molecule has 1 amide bonds. The summed E-state index contributed by atoms with van der Waals surface area (Å²) in [6.45, 7) is 4.85. The van der Waals surface area contributed by atoms with Crippen molar-refractivity contribution in [2.75, 3.05) is 46.3 Å². The molecule has 2 aliphatic rings. The van der Waals surface area contributed by atoms with Gasteiger partial charge in [0.2, 0.25) is 5.91 Å². The second kappa shape index (κ2) is 7.59. The lowest BCUT2D eigenvalue weighted by atomic mass is 10.1. The Hall–Kier alpha value is -1.50. The van der Waals surface area contributed by atoms with Crippen LogP contribution in [0.1, 0.15) is 12.0 Å². The van der Waals surface area contributed by atoms with Crippen LogP contribution in [0.2, 0.25) is 0 Å². The Balaban J connectivity index is 1.51. The second-order valence-corrected chi connectivity index (χ2v) is 6.90. The second-order valence-electron chi connectivity index (χ2n) is 6.90. The molecule has 2 fully saturated rings. The molecule has 6 heteroatoms. The lowest BCUT2D eigenvalue weighted by Crippen LogP contribution is -2.52. The Kier molecular flexibility index (Phi) is 5.48. The molecule has 0 unspecified atom stereocenters. The van der Waals surface area contributed by atoms with Crippen LogP contribution in [0, 0.1) is 5.82 Å². The van der Waals surface area contributed by atoms with Gasteiger partial charge >= 0.3 is 0 Å². The van der Waals surface area contributed by atoms with Gasteiger partial charge in [-0.25, -0.2) is 4.39 Å². The SMILES string of the molecule is CN1CCN([C@@H]2CN(C(=O)CCc3cccc(F)c3)C[C@H]2O)CC1. The van der Waals surface area contributed by atoms with E-state index in [2.05, 4.69) is 16.8 Å². The fourth-order valence-corrected chi connectivity index (χ4v) is 3.59. The van der Waals surface area contributed by atoms with Gasteiger partial charge in [0.05, 0.1) is 12.1 Å². The smallest absolute Gasteiger partial charge is 0.223 e. The normalized spacial score (nSPS) is 26.0. The predicted octanol–water partition coefficient (Wildman–Crippen LogP) is 0.577. The van der Waals surface area contributed by atoms with E-state index in [0.29, 0.717) is 25.9 Å². The summed E-state index contributed by atoms with van der Waals surface area (Å²) in [5.74, 6) is -0.235. The van der Waals surface area contributed by atoms with Gasteiger partial charge in [-0.3, -0.25) is 9.69 Å². The van der Waals surface area contributed by atoms with Gasteiger partial charge in [0.15, 0.2) is 0 Å². The maximum absolute atomic E-state index is 13.2. The van der Waals surface area contributed by atoms with E-state index in [1.54, 1.807) is 11.0 Å². The van der Waals surface area contributed by atoms with Gasteiger partial charge in [0, 0.05) is 45.7 Å². The van der Waals surface area contributed by atoms with Crippen molar-refractivity contribution in [3.8, 4) is 0 Å². The highest BCUT2D eigenvalue weighted by Crippen LogP contribution is 2.19. The van der Waals surface area contributed by atoms with Crippen LogP contribution in [0.3, 0.4) is 0 Å². The fraction of sp³-hybridized carbons (Fsp3) is 0.611. The average molecular weight is 335 g/mol. The van der Waals surface area contributed by atoms with Crippen LogP contribution in [-0.2, 0) is 11.2 Å². The summed E-state index contributed by atoms with van der Waals surface area (Å²) in [5, 5.41) is 10.3. The molecule has 0 aliphatic carbocycles. The summed E-state index contributed by atoms with van der Waals surface area (Å²) >= 11 is 0. The molecule has 2 heterocycles. The molecule has 1 aromatic carbocycles. The number of β-amino-alcohol motifs (C(OH)–C–C–N with tert-alkyl or cyclic N) is 1. The van der Waals surface area contributed by atoms with Crippen LogP contribution in [-0.4, -0.2) is 84.2 Å². The Labute approximate surface area is 142 Å². The summed E-state index contributed by atoms with van der Waals surface area (Å²) in [4.78, 5) is 18.8. The third-order valence-corrected chi connectivity index (χ3v) is 5.14. The van der Waals surface area contributed by atoms with Gasteiger partial charge in [0.25, 0.3) is 0 Å². The van der Waals surface area contributed by atoms with E-state index >= 15 is 0 Å². The number of likely N-dealkylation sites (tertiary alicyclic amines) is 1. The number of aliphatic hydroxyl groups is 1. The highest BCUT2D eigenvalue weighted by atomic mass is 19.1. The van der Waals surface area contributed by atoms with Gasteiger partial charge < -0.3 is 14.9 Å². The number of aliphatic hydroxyl groups excluding tert-OH is 1. The molecule has 1 aromatic rings. The van der Waals surface area contributed by atoms with Crippen LogP contribution >= 0.6 is 0 Å². The van der Waals surface area contributed by atoms with Gasteiger partial charge in [-0.1, -0.05) is 12.1 Å². The third-order valence-electron chi connectivity index (χ3n) is 5.14. The summed E-state index contributed by atoms with van der Waals surface area (Å²) in [6.07, 6.45) is 0.403. The molecule has 0 aromatic heterocycles. The molecule has 2 aliphatic heterocycles. The van der Waals surface area contributed by atoms with Gasteiger partial charge in [-0.2, -0.15) is 0 Å². The van der Waals surface area contributed by atoms with Crippen LogP contribution in [0.15, 0.2) is 24.3 Å². The molecule has 24 heavy (non-hydrogen) atoms. The van der Waals surface area contributed by atoms with E-state index < -0.39 is 6.10 Å². The molecular weight excluding hydrogens is 309 g/mol. The quantitative estimate of drug-likeness (QED) is 0.874. The number of benzene rings is 1. The minimum absolute atomic E-state index is 0.0370. The zero-order valence-electron chi connectivity index (χ0n) is 14.2. The first-order valence-corrected chi connectivity index (χ1v) is 8.66. The van der Waals surface area contributed by atoms with Crippen molar-refractivity contribution in [3.05, 3.63) is 35.6 Å². The van der Waals surface area contributed by atoms with Crippen LogP contribution < -0.4 is 0 Å². The first-order valence-electron chi connectivity index (χ1n) is 8.66. The zero-order chi connectivity index (χ0) is 17.1. The van der Waals surface area contributed by atoms with Gasteiger partial charge in [-0.15, -0.1) is 0 Å². The zero-order valence-corrected chi connectivity index (χ0v) is 14.2. The number of halogens is 1. The topological polar surface area (TPSA) is 47.0 Å². The maximum atomic E-state index is 13.2. The summed E-state index contributed by atoms with van der Waals surface area (Å²) in [6, 6.07) is 6.42. The number of nitrogens with zero attached hydrogens (tertiary/aromatic N) is 3. The van der Waals surface area contributed by atoms with Crippen LogP contribution in [0.4, 0.5) is 4.39 Å². The monoisotopic (exact) mass is 335 g/mol. The van der Waals surface area contributed by atoms with E-state index in [9.17, 15) is 14.3 Å². The predicted molar refractivity (Wildman–Crippen MR) is 90.2 cm³/mol. The highest BCUT2D eigenvalue weighted by molar-refractivity contribution is 5.77. The summed E-state index contributed by atoms with van der Waals surface area (Å²) < 4.78 is 13.2. The molecule has 0 spiro atoms. The maximum Gasteiger partial charge on any atom is 0.223 e. The highest BCUT2D eigenvalue weighted by Gasteiger charge is 2.38. The molecule has 5 nitrogen and oxygen atoms in total. The van der Waals surface area contributed by atoms with Crippen molar-refractivity contribution >= 4 is 5.91 Å². The fourth-order valence-electron chi connectivity index (χ4n) is 3.59. The van der Waals surface area contributed by atoms with E-state index in [0.717, 1.165) is 31.7 Å². The number of piperazine rings is 1. The molecule has 0 saturated carbocycles. The van der Waals surface area contributed by atoms with E-state index in [1.165, 1.54) is 12.1 Å². The summed E-state index contributed by atoms with van der Waals surface area (Å²) in [5.41, 5.74) is 0.832. The third kappa shape index (κ3) is 4.12. The van der Waals surface area contributed by atoms with Crippen LogP contribution in [0.5, 0.6) is 0 Å². The number of aryl methyl sites for hydroxylation is 1. The van der Waals surface area contributed by atoms with Crippen LogP contribution in [0.25, 0.3) is 0 Å². The molecule has 1 N–H and O–H groups in total. The Morgan fingerprint density at radius 3 is 2.71 bits per heavy atom. The number of rotatable bonds is 4. The number of carbonyl (C=O) groups excluding carboxylic acids is 1. The first-order chi connectivity index (χ1) is 11.5. The molecule has 2 atom stereocenters. The Bertz CT molecular complexity index is 575. The number of hydrogen-bond acceptors (Lipinski definition) is 4. The Morgan fingerprint density at radius 2 is 2.00 bits per heavy atom. The minimum atomic E-state index is -0.480. The largest absolute Gasteiger partial charge is 0.390 e. The van der Waals surface area contributed by atoms with Crippen molar-refractivity contribution < 1.29 is 14.3 Å². The average Bonchev–Trinajstić information content (AvgIpc) is 2.95. The Morgan fingerprint density at radius 1 is 1.25 bits per heavy atom. The number of hydrogen-bond donors (Lipinski definition) is 1. The van der Waals surface area contributed by atoms with Crippen molar-refractivity contribution in [1.82, 2.24) is 14.7 Å². The summed E-state index contributed by atoms with van der Waals surface area (Å²) in [7, 11) is 2.10. The lowest BCUT2D eigenvalue weighted by Gasteiger charge is -2.37. The standard InChI is InChI=1S/C18H26FN3O2/c1-20-7-9-21(10-8-20)16-12-22(13-17(16)23)18(24)6-5-14-3-2-4-15(19)11-14/h2-4,11,16-17,23H,5-10,12-13H2,1H3/t16-,17-/m1/s1. The molecule has 0 radical (unpaired) electrons. The van der Waals surface area contributed by atoms with Crippen molar-refractivity contribution in [2.24, 2.45) is 0 Å². The molecule has 3 rings (SSSR count). The molecular formula is C18H26FN3O2. The molecule has 2 saturated heterocycles. The molecule has 132 valence electrons. The number of likely N-dealkylation sites (N-methyl/N-ethyl adjacent to an activating group) is 1. The lowest BCUT2D eigenvalue weighted by molar-refractivity contribution is -0.130. The number of amides is 1. The van der Waals surface area contributed by atoms with E-state index in [1.807, 2.05) is 6.07 Å². The van der Waals surface area contributed by atoms with Gasteiger partial charge in [0.1, 0.15) is 5.82 Å². The van der Waals surface area contributed by atoms with Gasteiger partial charge in [-0.05, 0) is 31.2 Å². The number of carbonyl (C=O) groups is 1. The minimum Gasteiger partial charge on any atom is -0.390 e. The molecule has 0 bridgehead atoms. The van der Waals surface area contributed by atoms with Crippen molar-refractivity contribution in [1.29, 1.82) is 0 Å². The van der Waals surface area contributed by atoms with E-state index in [4.69, 9.17) is 0 Å². The van der Waals surface area contributed by atoms with Crippen molar-refractivity contribution in [3.63, 3.8) is 0 Å².